The molecule has 1 heterocycles. The number of rotatable bonds is 7. The lowest BCUT2D eigenvalue weighted by atomic mass is 10.1. The van der Waals surface area contributed by atoms with E-state index in [-0.39, 0.29) is 23.2 Å². The van der Waals surface area contributed by atoms with Gasteiger partial charge < -0.3 is 10.1 Å². The first kappa shape index (κ1) is 21.3. The van der Waals surface area contributed by atoms with Gasteiger partial charge in [-0.3, -0.25) is 9.52 Å². The van der Waals surface area contributed by atoms with Gasteiger partial charge in [0.2, 0.25) is 0 Å². The fourth-order valence-corrected chi connectivity index (χ4v) is 3.84. The molecule has 156 valence electrons. The highest BCUT2D eigenvalue weighted by Crippen LogP contribution is 2.23. The Hall–Kier alpha value is -3.39. The quantitative estimate of drug-likeness (QED) is 0.600. The number of benzene rings is 2. The average Bonchev–Trinajstić information content (AvgIpc) is 2.70. The summed E-state index contributed by atoms with van der Waals surface area (Å²) in [7, 11) is -3.77. The van der Waals surface area contributed by atoms with Gasteiger partial charge in [-0.1, -0.05) is 12.1 Å². The maximum absolute atomic E-state index is 12.4. The first-order valence-corrected chi connectivity index (χ1v) is 10.8. The van der Waals surface area contributed by atoms with Gasteiger partial charge in [-0.15, -0.1) is 0 Å². The molecule has 2 aromatic carbocycles. The second-order valence-electron chi connectivity index (χ2n) is 6.89. The van der Waals surface area contributed by atoms with Crippen LogP contribution in [0.15, 0.2) is 65.7 Å². The highest BCUT2D eigenvalue weighted by Gasteiger charge is 2.15. The molecule has 7 nitrogen and oxygen atoms in total. The van der Waals surface area contributed by atoms with Crippen molar-refractivity contribution in [2.24, 2.45) is 0 Å². The van der Waals surface area contributed by atoms with E-state index in [2.05, 4.69) is 21.1 Å². The van der Waals surface area contributed by atoms with E-state index in [0.717, 1.165) is 16.7 Å². The van der Waals surface area contributed by atoms with E-state index in [1.54, 1.807) is 18.2 Å². The van der Waals surface area contributed by atoms with E-state index < -0.39 is 10.0 Å². The minimum absolute atomic E-state index is 0.0632. The van der Waals surface area contributed by atoms with Crippen LogP contribution in [-0.4, -0.2) is 25.9 Å². The number of nitrogens with one attached hydrogen (secondary N) is 2. The minimum Gasteiger partial charge on any atom is -0.483 e. The molecule has 0 fully saturated rings. The zero-order chi connectivity index (χ0) is 21.7. The number of amides is 1. The van der Waals surface area contributed by atoms with Crippen molar-refractivity contribution in [3.05, 3.63) is 77.5 Å². The summed E-state index contributed by atoms with van der Waals surface area (Å²) in [5.41, 5.74) is 3.62. The minimum atomic E-state index is -3.77. The molecule has 2 N–H and O–H groups in total. The molecule has 0 unspecified atom stereocenters. The Morgan fingerprint density at radius 3 is 2.43 bits per heavy atom. The summed E-state index contributed by atoms with van der Waals surface area (Å²) < 4.78 is 32.9. The third kappa shape index (κ3) is 5.36. The molecule has 30 heavy (non-hydrogen) atoms. The number of carbonyl (C=O) groups excluding carboxylic acids is 1. The van der Waals surface area contributed by atoms with Crippen LogP contribution in [0.4, 0.5) is 11.5 Å². The van der Waals surface area contributed by atoms with E-state index in [9.17, 15) is 13.2 Å². The lowest BCUT2D eigenvalue weighted by molar-refractivity contribution is -0.118. The first-order chi connectivity index (χ1) is 14.2. The Morgan fingerprint density at radius 2 is 1.77 bits per heavy atom. The molecule has 0 saturated carbocycles. The number of nitrogens with zero attached hydrogens (tertiary/aromatic N) is 1. The number of anilines is 2. The van der Waals surface area contributed by atoms with Crippen LogP contribution in [0.2, 0.25) is 0 Å². The SMILES string of the molecule is Cc1cc(C)c(C)c(OCC(=O)Nc2ccc(S(=O)(=O)Nc3ccccn3)cc2)c1. The lowest BCUT2D eigenvalue weighted by Crippen LogP contribution is -2.20. The summed E-state index contributed by atoms with van der Waals surface area (Å²) >= 11 is 0. The summed E-state index contributed by atoms with van der Waals surface area (Å²) in [5, 5.41) is 2.70. The van der Waals surface area contributed by atoms with Crippen molar-refractivity contribution in [3.63, 3.8) is 0 Å². The third-order valence-corrected chi connectivity index (χ3v) is 5.85. The summed E-state index contributed by atoms with van der Waals surface area (Å²) in [5.74, 6) is 0.564. The number of aromatic nitrogens is 1. The Labute approximate surface area is 176 Å². The number of aryl methyl sites for hydroxylation is 2. The smallest absolute Gasteiger partial charge is 0.263 e. The van der Waals surface area contributed by atoms with Crippen LogP contribution in [0.1, 0.15) is 16.7 Å². The maximum Gasteiger partial charge on any atom is 0.263 e. The lowest BCUT2D eigenvalue weighted by Gasteiger charge is -2.13. The van der Waals surface area contributed by atoms with Crippen LogP contribution >= 0.6 is 0 Å². The van der Waals surface area contributed by atoms with Crippen LogP contribution in [0.5, 0.6) is 5.75 Å². The number of ether oxygens (including phenoxy) is 1. The largest absolute Gasteiger partial charge is 0.483 e. The maximum atomic E-state index is 12.4. The molecule has 0 aliphatic heterocycles. The van der Waals surface area contributed by atoms with Gasteiger partial charge in [0.15, 0.2) is 6.61 Å². The van der Waals surface area contributed by atoms with Gasteiger partial charge in [0, 0.05) is 11.9 Å². The predicted molar refractivity (Wildman–Crippen MR) is 116 cm³/mol. The average molecular weight is 426 g/mol. The van der Waals surface area contributed by atoms with Gasteiger partial charge in [0.25, 0.3) is 15.9 Å². The van der Waals surface area contributed by atoms with E-state index in [1.165, 1.54) is 30.5 Å². The molecule has 8 heteroatoms. The second-order valence-corrected chi connectivity index (χ2v) is 8.57. The number of hydrogen-bond acceptors (Lipinski definition) is 5. The number of carbonyl (C=O) groups is 1. The fourth-order valence-electron chi connectivity index (χ4n) is 2.83. The normalized spacial score (nSPS) is 11.0. The van der Waals surface area contributed by atoms with Crippen LogP contribution in [-0.2, 0) is 14.8 Å². The predicted octanol–water partition coefficient (Wildman–Crippen LogP) is 3.83. The van der Waals surface area contributed by atoms with E-state index in [1.807, 2.05) is 26.8 Å². The van der Waals surface area contributed by atoms with E-state index >= 15 is 0 Å². The summed E-state index contributed by atoms with van der Waals surface area (Å²) in [6.45, 7) is 5.76. The van der Waals surface area contributed by atoms with Crippen LogP contribution in [0, 0.1) is 20.8 Å². The Morgan fingerprint density at radius 1 is 1.03 bits per heavy atom. The van der Waals surface area contributed by atoms with E-state index in [4.69, 9.17) is 4.74 Å². The highest BCUT2D eigenvalue weighted by molar-refractivity contribution is 7.92. The molecule has 0 bridgehead atoms. The first-order valence-electron chi connectivity index (χ1n) is 9.29. The van der Waals surface area contributed by atoms with Gasteiger partial charge in [0.1, 0.15) is 11.6 Å². The molecule has 3 rings (SSSR count). The van der Waals surface area contributed by atoms with Crippen molar-refractivity contribution in [1.29, 1.82) is 0 Å². The van der Waals surface area contributed by atoms with Crippen molar-refractivity contribution in [2.75, 3.05) is 16.6 Å². The molecule has 0 atom stereocenters. The topological polar surface area (TPSA) is 97.4 Å². The molecular formula is C22H23N3O4S. The number of sulfonamides is 1. The zero-order valence-electron chi connectivity index (χ0n) is 17.0. The molecule has 3 aromatic rings. The Balaban J connectivity index is 1.61. The van der Waals surface area contributed by atoms with Gasteiger partial charge >= 0.3 is 0 Å². The van der Waals surface area contributed by atoms with Crippen molar-refractivity contribution < 1.29 is 17.9 Å². The summed E-state index contributed by atoms with van der Waals surface area (Å²) in [6.07, 6.45) is 1.50. The Bertz CT molecular complexity index is 1150. The van der Waals surface area contributed by atoms with Crippen molar-refractivity contribution in [1.82, 2.24) is 4.98 Å². The van der Waals surface area contributed by atoms with Crippen LogP contribution in [0.3, 0.4) is 0 Å². The molecular weight excluding hydrogens is 402 g/mol. The molecule has 1 aromatic heterocycles. The number of hydrogen-bond donors (Lipinski definition) is 2. The molecule has 0 aliphatic carbocycles. The Kier molecular flexibility index (Phi) is 6.37. The molecule has 1 amide bonds. The molecule has 0 radical (unpaired) electrons. The third-order valence-electron chi connectivity index (χ3n) is 4.48. The highest BCUT2D eigenvalue weighted by atomic mass is 32.2. The summed E-state index contributed by atoms with van der Waals surface area (Å²) in [6, 6.07) is 14.8. The van der Waals surface area contributed by atoms with Crippen LogP contribution in [0.25, 0.3) is 0 Å². The van der Waals surface area contributed by atoms with Gasteiger partial charge in [-0.2, -0.15) is 0 Å². The van der Waals surface area contributed by atoms with Crippen molar-refractivity contribution in [2.45, 2.75) is 25.7 Å². The standard InChI is InChI=1S/C22H23N3O4S/c1-15-12-16(2)17(3)20(13-15)29-14-22(26)24-18-7-9-19(10-8-18)30(27,28)25-21-6-4-5-11-23-21/h4-13H,14H2,1-3H3,(H,23,25)(H,24,26). The summed E-state index contributed by atoms with van der Waals surface area (Å²) in [4.78, 5) is 16.2. The van der Waals surface area contributed by atoms with Gasteiger partial charge in [-0.25, -0.2) is 13.4 Å². The molecule has 0 saturated heterocycles. The monoisotopic (exact) mass is 425 g/mol. The van der Waals surface area contributed by atoms with Crippen molar-refractivity contribution in [3.8, 4) is 5.75 Å². The second kappa shape index (κ2) is 8.96. The van der Waals surface area contributed by atoms with E-state index in [0.29, 0.717) is 11.4 Å². The van der Waals surface area contributed by atoms with Gasteiger partial charge in [-0.05, 0) is 79.9 Å². The number of pyridine rings is 1. The zero-order valence-corrected chi connectivity index (χ0v) is 17.8. The fraction of sp³-hybridized carbons (Fsp3) is 0.182. The molecule has 0 aliphatic rings. The van der Waals surface area contributed by atoms with Crippen LogP contribution < -0.4 is 14.8 Å². The molecule has 0 spiro atoms. The van der Waals surface area contributed by atoms with Crippen molar-refractivity contribution >= 4 is 27.4 Å². The van der Waals surface area contributed by atoms with Gasteiger partial charge in [0.05, 0.1) is 4.90 Å².